The summed E-state index contributed by atoms with van der Waals surface area (Å²) in [5.41, 5.74) is 2.05. The van der Waals surface area contributed by atoms with E-state index in [1.165, 1.54) is 0 Å². The van der Waals surface area contributed by atoms with Crippen molar-refractivity contribution < 1.29 is 14.3 Å². The predicted molar refractivity (Wildman–Crippen MR) is 111 cm³/mol. The highest BCUT2D eigenvalue weighted by Gasteiger charge is 2.48. The molecule has 0 saturated carbocycles. The summed E-state index contributed by atoms with van der Waals surface area (Å²) >= 11 is 2.38. The lowest BCUT2D eigenvalue weighted by molar-refractivity contribution is -0.151. The molecule has 0 bridgehead atoms. The van der Waals surface area contributed by atoms with Crippen LogP contribution in [0.25, 0.3) is 0 Å². The van der Waals surface area contributed by atoms with E-state index in [2.05, 4.69) is 29.5 Å². The summed E-state index contributed by atoms with van der Waals surface area (Å²) in [6.45, 7) is 2.48. The Balaban J connectivity index is 1.74. The van der Waals surface area contributed by atoms with Crippen molar-refractivity contribution >= 4 is 28.6 Å². The van der Waals surface area contributed by atoms with E-state index in [0.29, 0.717) is 6.61 Å². The van der Waals surface area contributed by atoms with Crippen LogP contribution in [0.15, 0.2) is 60.7 Å². The van der Waals surface area contributed by atoms with E-state index in [1.54, 1.807) is 0 Å². The topological polar surface area (TPSA) is 35.5 Å². The zero-order valence-corrected chi connectivity index (χ0v) is 17.2. The van der Waals surface area contributed by atoms with E-state index in [1.807, 2.05) is 60.7 Å². The SMILES string of the molecule is CCCC[C@H]1O[C@@H](c2ccccc2)[C@H](C(=O)OCc2ccccc2)[C@@H]1I. The van der Waals surface area contributed by atoms with Crippen LogP contribution in [0, 0.1) is 5.92 Å². The maximum atomic E-state index is 12.9. The Morgan fingerprint density at radius 1 is 1.08 bits per heavy atom. The fourth-order valence-electron chi connectivity index (χ4n) is 3.39. The van der Waals surface area contributed by atoms with Gasteiger partial charge in [-0.3, -0.25) is 4.79 Å². The van der Waals surface area contributed by atoms with Crippen LogP contribution >= 0.6 is 22.6 Å². The van der Waals surface area contributed by atoms with Gasteiger partial charge in [0.15, 0.2) is 0 Å². The van der Waals surface area contributed by atoms with Crippen LogP contribution < -0.4 is 0 Å². The first-order chi connectivity index (χ1) is 12.7. The van der Waals surface area contributed by atoms with Crippen molar-refractivity contribution in [3.8, 4) is 0 Å². The second-order valence-electron chi connectivity index (χ2n) is 6.71. The Bertz CT molecular complexity index is 689. The van der Waals surface area contributed by atoms with Gasteiger partial charge in [0.25, 0.3) is 0 Å². The third kappa shape index (κ3) is 4.65. The molecule has 3 rings (SSSR count). The molecule has 26 heavy (non-hydrogen) atoms. The molecule has 0 aliphatic carbocycles. The van der Waals surface area contributed by atoms with Crippen molar-refractivity contribution in [2.75, 3.05) is 0 Å². The van der Waals surface area contributed by atoms with Crippen LogP contribution in [-0.4, -0.2) is 16.0 Å². The zero-order chi connectivity index (χ0) is 18.4. The average Bonchev–Trinajstić information content (AvgIpc) is 3.02. The molecule has 1 heterocycles. The van der Waals surface area contributed by atoms with E-state index < -0.39 is 0 Å². The molecule has 4 heteroatoms. The first-order valence-corrected chi connectivity index (χ1v) is 10.5. The van der Waals surface area contributed by atoms with E-state index in [4.69, 9.17) is 9.47 Å². The number of rotatable bonds is 7. The predicted octanol–water partition coefficient (Wildman–Crippen LogP) is 5.48. The Labute approximate surface area is 169 Å². The lowest BCUT2D eigenvalue weighted by atomic mass is 9.93. The number of carbonyl (C=O) groups is 1. The quantitative estimate of drug-likeness (QED) is 0.309. The van der Waals surface area contributed by atoms with Crippen molar-refractivity contribution in [1.82, 2.24) is 0 Å². The van der Waals surface area contributed by atoms with Crippen molar-refractivity contribution in [1.29, 1.82) is 0 Å². The zero-order valence-electron chi connectivity index (χ0n) is 15.0. The van der Waals surface area contributed by atoms with Gasteiger partial charge in [0.2, 0.25) is 0 Å². The molecule has 0 radical (unpaired) electrons. The number of benzene rings is 2. The summed E-state index contributed by atoms with van der Waals surface area (Å²) < 4.78 is 12.1. The molecule has 0 spiro atoms. The van der Waals surface area contributed by atoms with Gasteiger partial charge in [0.1, 0.15) is 12.5 Å². The summed E-state index contributed by atoms with van der Waals surface area (Å²) in [4.78, 5) is 12.9. The van der Waals surface area contributed by atoms with Crippen LogP contribution in [0.3, 0.4) is 0 Å². The lowest BCUT2D eigenvalue weighted by Crippen LogP contribution is -2.29. The number of unbranched alkanes of at least 4 members (excludes halogenated alkanes) is 1. The molecule has 1 saturated heterocycles. The van der Waals surface area contributed by atoms with E-state index in [0.717, 1.165) is 30.4 Å². The Morgan fingerprint density at radius 3 is 2.38 bits per heavy atom. The van der Waals surface area contributed by atoms with Gasteiger partial charge < -0.3 is 9.47 Å². The second-order valence-corrected chi connectivity index (χ2v) is 8.15. The molecule has 0 amide bonds. The molecule has 2 aromatic rings. The van der Waals surface area contributed by atoms with E-state index in [9.17, 15) is 4.79 Å². The molecule has 2 aromatic carbocycles. The fraction of sp³-hybridized carbons (Fsp3) is 0.409. The molecule has 1 aliphatic rings. The van der Waals surface area contributed by atoms with Gasteiger partial charge in [-0.05, 0) is 17.5 Å². The standard InChI is InChI=1S/C22H25IO3/c1-2-3-14-18-20(23)19(21(26-18)17-12-8-5-9-13-17)22(24)25-15-16-10-6-4-7-11-16/h4-13,18-21H,2-3,14-15H2,1H3/t18-,19-,20-,21+/m1/s1. The van der Waals surface area contributed by atoms with Gasteiger partial charge in [-0.1, -0.05) is 103 Å². The fourth-order valence-corrected chi connectivity index (χ4v) is 4.59. The first kappa shape index (κ1) is 19.4. The van der Waals surface area contributed by atoms with Crippen LogP contribution in [0.1, 0.15) is 43.4 Å². The summed E-state index contributed by atoms with van der Waals surface area (Å²) in [6.07, 6.45) is 3.08. The minimum absolute atomic E-state index is 0.0926. The third-order valence-electron chi connectivity index (χ3n) is 4.81. The summed E-state index contributed by atoms with van der Waals surface area (Å²) in [5, 5.41) is 0. The summed E-state index contributed by atoms with van der Waals surface area (Å²) in [5.74, 6) is -0.440. The van der Waals surface area contributed by atoms with Crippen LogP contribution in [-0.2, 0) is 20.9 Å². The smallest absolute Gasteiger partial charge is 0.313 e. The number of alkyl halides is 1. The van der Waals surface area contributed by atoms with Gasteiger partial charge in [-0.15, -0.1) is 0 Å². The third-order valence-corrected chi connectivity index (χ3v) is 6.39. The second kappa shape index (κ2) is 9.51. The van der Waals surface area contributed by atoms with Gasteiger partial charge in [-0.25, -0.2) is 0 Å². The summed E-state index contributed by atoms with van der Waals surface area (Å²) in [6, 6.07) is 19.9. The number of halogens is 1. The largest absolute Gasteiger partial charge is 0.460 e. The highest BCUT2D eigenvalue weighted by Crippen LogP contribution is 2.44. The molecule has 138 valence electrons. The average molecular weight is 464 g/mol. The van der Waals surface area contributed by atoms with Gasteiger partial charge in [0.05, 0.1) is 16.1 Å². The van der Waals surface area contributed by atoms with Crippen LogP contribution in [0.4, 0.5) is 0 Å². The molecule has 1 fully saturated rings. The number of esters is 1. The monoisotopic (exact) mass is 464 g/mol. The molecule has 0 aromatic heterocycles. The molecule has 0 unspecified atom stereocenters. The van der Waals surface area contributed by atoms with Crippen LogP contribution in [0.2, 0.25) is 0 Å². The molecule has 1 aliphatic heterocycles. The molecular formula is C22H25IO3. The molecule has 0 N–H and O–H groups in total. The highest BCUT2D eigenvalue weighted by atomic mass is 127. The Hall–Kier alpha value is -1.40. The lowest BCUT2D eigenvalue weighted by Gasteiger charge is -2.19. The Morgan fingerprint density at radius 2 is 1.73 bits per heavy atom. The Kier molecular flexibility index (Phi) is 7.08. The van der Waals surface area contributed by atoms with Gasteiger partial charge in [-0.2, -0.15) is 0 Å². The van der Waals surface area contributed by atoms with Crippen molar-refractivity contribution in [2.24, 2.45) is 5.92 Å². The maximum Gasteiger partial charge on any atom is 0.313 e. The molecule has 4 atom stereocenters. The van der Waals surface area contributed by atoms with Gasteiger partial charge in [0, 0.05) is 0 Å². The van der Waals surface area contributed by atoms with E-state index in [-0.39, 0.29) is 28.0 Å². The van der Waals surface area contributed by atoms with Crippen molar-refractivity contribution in [2.45, 2.75) is 48.9 Å². The number of hydrogen-bond donors (Lipinski definition) is 0. The number of ether oxygens (including phenoxy) is 2. The highest BCUT2D eigenvalue weighted by molar-refractivity contribution is 14.1. The van der Waals surface area contributed by atoms with Crippen molar-refractivity contribution in [3.05, 3.63) is 71.8 Å². The first-order valence-electron chi connectivity index (χ1n) is 9.25. The van der Waals surface area contributed by atoms with E-state index >= 15 is 0 Å². The maximum absolute atomic E-state index is 12.9. The number of carbonyl (C=O) groups excluding carboxylic acids is 1. The molecular weight excluding hydrogens is 439 g/mol. The van der Waals surface area contributed by atoms with Crippen LogP contribution in [0.5, 0.6) is 0 Å². The molecule has 3 nitrogen and oxygen atoms in total. The minimum atomic E-state index is -0.274. The van der Waals surface area contributed by atoms with Gasteiger partial charge >= 0.3 is 5.97 Å². The normalized spacial score (nSPS) is 25.2. The van der Waals surface area contributed by atoms with Crippen molar-refractivity contribution in [3.63, 3.8) is 0 Å². The number of hydrogen-bond acceptors (Lipinski definition) is 3. The minimum Gasteiger partial charge on any atom is -0.460 e. The summed E-state index contributed by atoms with van der Waals surface area (Å²) in [7, 11) is 0.